The molecule has 150 valence electrons. The number of Topliss-reactive ketones (excluding diaryl/α,β-unsaturated/α-hetero) is 1. The van der Waals surface area contributed by atoms with Gasteiger partial charge in [-0.3, -0.25) is 4.79 Å². The Labute approximate surface area is 158 Å². The second-order valence-electron chi connectivity index (χ2n) is 8.02. The van der Waals surface area contributed by atoms with Crippen LogP contribution in [0.15, 0.2) is 11.6 Å². The van der Waals surface area contributed by atoms with Gasteiger partial charge >= 0.3 is 11.9 Å². The van der Waals surface area contributed by atoms with Crippen LogP contribution in [-0.4, -0.2) is 77.9 Å². The minimum Gasteiger partial charge on any atom is -0.459 e. The van der Waals surface area contributed by atoms with E-state index < -0.39 is 41.3 Å². The highest BCUT2D eigenvalue weighted by atomic mass is 16.7. The highest BCUT2D eigenvalue weighted by molar-refractivity contribution is 6.01. The summed E-state index contributed by atoms with van der Waals surface area (Å²) in [6.07, 6.45) is 0.756. The van der Waals surface area contributed by atoms with Gasteiger partial charge in [-0.2, -0.15) is 0 Å². The molecule has 2 fully saturated rings. The fourth-order valence-electron chi connectivity index (χ4n) is 3.54. The summed E-state index contributed by atoms with van der Waals surface area (Å²) in [4.78, 5) is 40.2. The number of esters is 2. The number of ketones is 1. The number of fused-ring (bicyclic) bond motifs is 2. The average Bonchev–Trinajstić information content (AvgIpc) is 3.26. The van der Waals surface area contributed by atoms with Crippen molar-refractivity contribution >= 4 is 17.7 Å². The number of cyclic esters (lactones) is 1. The Kier molecular flexibility index (Phi) is 5.18. The predicted molar refractivity (Wildman–Crippen MR) is 93.7 cm³/mol. The normalized spacial score (nSPS) is 43.4. The molecule has 0 amide bonds. The molecule has 0 aliphatic carbocycles. The largest absolute Gasteiger partial charge is 0.459 e. The average molecular weight is 381 g/mol. The Morgan fingerprint density at radius 2 is 1.89 bits per heavy atom. The molecule has 3 heterocycles. The number of rotatable bonds is 0. The Balaban J connectivity index is 1.97. The van der Waals surface area contributed by atoms with Crippen LogP contribution in [0.1, 0.15) is 33.6 Å². The molecular formula is C19H27NO7. The maximum atomic E-state index is 12.9. The number of epoxide rings is 1. The lowest BCUT2D eigenvalue weighted by Crippen LogP contribution is -2.48. The predicted octanol–water partition coefficient (Wildman–Crippen LogP) is 0.221. The Bertz CT molecular complexity index is 686. The number of ether oxygens (including phenoxy) is 3. The molecule has 0 aromatic carbocycles. The molecule has 3 rings (SSSR count). The maximum absolute atomic E-state index is 12.9. The van der Waals surface area contributed by atoms with E-state index >= 15 is 0 Å². The number of carbonyl (C=O) groups excluding carboxylic acids is 3. The summed E-state index contributed by atoms with van der Waals surface area (Å²) in [5, 5.41) is 10.7. The molecule has 8 heteroatoms. The zero-order valence-corrected chi connectivity index (χ0v) is 16.2. The van der Waals surface area contributed by atoms with Crippen molar-refractivity contribution in [2.75, 3.05) is 26.7 Å². The van der Waals surface area contributed by atoms with Crippen molar-refractivity contribution in [2.45, 2.75) is 57.0 Å². The molecule has 3 aliphatic heterocycles. The van der Waals surface area contributed by atoms with Crippen molar-refractivity contribution in [1.82, 2.24) is 4.90 Å². The van der Waals surface area contributed by atoms with Crippen molar-refractivity contribution in [2.24, 2.45) is 5.92 Å². The minimum atomic E-state index is -1.82. The monoisotopic (exact) mass is 381 g/mol. The summed E-state index contributed by atoms with van der Waals surface area (Å²) in [6.45, 7) is 5.57. The lowest BCUT2D eigenvalue weighted by Gasteiger charge is -2.32. The van der Waals surface area contributed by atoms with E-state index in [9.17, 15) is 19.5 Å². The lowest BCUT2D eigenvalue weighted by atomic mass is 9.82. The van der Waals surface area contributed by atoms with E-state index in [0.717, 1.165) is 0 Å². The number of hydrogen-bond acceptors (Lipinski definition) is 8. The van der Waals surface area contributed by atoms with Crippen LogP contribution in [0.2, 0.25) is 0 Å². The number of aliphatic hydroxyl groups is 1. The molecule has 8 nitrogen and oxygen atoms in total. The summed E-state index contributed by atoms with van der Waals surface area (Å²) in [7, 11) is 1.89. The third-order valence-electron chi connectivity index (χ3n) is 5.95. The quantitative estimate of drug-likeness (QED) is 0.469. The zero-order chi connectivity index (χ0) is 20.0. The van der Waals surface area contributed by atoms with E-state index in [1.807, 2.05) is 11.9 Å². The van der Waals surface area contributed by atoms with Gasteiger partial charge in [0.15, 0.2) is 17.3 Å². The van der Waals surface area contributed by atoms with Crippen LogP contribution in [0.5, 0.6) is 0 Å². The first-order valence-corrected chi connectivity index (χ1v) is 9.28. The third kappa shape index (κ3) is 3.66. The van der Waals surface area contributed by atoms with Crippen molar-refractivity contribution in [3.8, 4) is 0 Å². The summed E-state index contributed by atoms with van der Waals surface area (Å²) in [6, 6.07) is 0. The second kappa shape index (κ2) is 7.00. The highest BCUT2D eigenvalue weighted by Gasteiger charge is 2.63. The van der Waals surface area contributed by atoms with Crippen LogP contribution < -0.4 is 0 Å². The SMILES string of the molecule is C[C@H]1O[C@]12C[C@H](C)[C@](C)(O)C(=O)OC/C1=C/CN(C)CC[C@@H](OC2=O)C1=O. The lowest BCUT2D eigenvalue weighted by molar-refractivity contribution is -0.173. The zero-order valence-electron chi connectivity index (χ0n) is 16.2. The molecule has 0 aromatic rings. The summed E-state index contributed by atoms with van der Waals surface area (Å²) < 4.78 is 16.4. The van der Waals surface area contributed by atoms with Gasteiger partial charge in [-0.25, -0.2) is 9.59 Å². The van der Waals surface area contributed by atoms with Crippen molar-refractivity contribution in [3.63, 3.8) is 0 Å². The molecule has 27 heavy (non-hydrogen) atoms. The van der Waals surface area contributed by atoms with E-state index in [1.165, 1.54) is 6.92 Å². The molecule has 5 atom stereocenters. The summed E-state index contributed by atoms with van der Waals surface area (Å²) in [5.74, 6) is -2.43. The minimum absolute atomic E-state index is 0.0958. The summed E-state index contributed by atoms with van der Waals surface area (Å²) in [5.41, 5.74) is -2.81. The number of hydrogen-bond donors (Lipinski definition) is 1. The maximum Gasteiger partial charge on any atom is 0.341 e. The Morgan fingerprint density at radius 3 is 2.52 bits per heavy atom. The van der Waals surface area contributed by atoms with Gasteiger partial charge in [0.05, 0.1) is 6.10 Å². The van der Waals surface area contributed by atoms with Crippen molar-refractivity contribution in [3.05, 3.63) is 11.6 Å². The molecule has 0 unspecified atom stereocenters. The van der Waals surface area contributed by atoms with Gasteiger partial charge in [0, 0.05) is 25.1 Å². The van der Waals surface area contributed by atoms with Gasteiger partial charge < -0.3 is 24.2 Å². The van der Waals surface area contributed by atoms with Gasteiger partial charge in [0.25, 0.3) is 0 Å². The fraction of sp³-hybridized carbons (Fsp3) is 0.737. The van der Waals surface area contributed by atoms with Gasteiger partial charge in [0.2, 0.25) is 5.78 Å². The molecule has 2 bridgehead atoms. The molecule has 0 aromatic heterocycles. The van der Waals surface area contributed by atoms with Crippen molar-refractivity contribution in [1.29, 1.82) is 0 Å². The first kappa shape index (κ1) is 20.0. The van der Waals surface area contributed by atoms with Gasteiger partial charge in [-0.1, -0.05) is 13.0 Å². The Morgan fingerprint density at radius 1 is 1.22 bits per heavy atom. The second-order valence-corrected chi connectivity index (χ2v) is 8.02. The van der Waals surface area contributed by atoms with E-state index in [4.69, 9.17) is 14.2 Å². The van der Waals surface area contributed by atoms with Crippen LogP contribution >= 0.6 is 0 Å². The van der Waals surface area contributed by atoms with E-state index in [0.29, 0.717) is 19.5 Å². The van der Waals surface area contributed by atoms with Gasteiger partial charge in [-0.05, 0) is 33.2 Å². The molecule has 0 saturated carbocycles. The van der Waals surface area contributed by atoms with Crippen LogP contribution in [-0.2, 0) is 28.6 Å². The van der Waals surface area contributed by atoms with Crippen LogP contribution in [0, 0.1) is 5.92 Å². The smallest absolute Gasteiger partial charge is 0.341 e. The van der Waals surface area contributed by atoms with Crippen LogP contribution in [0.4, 0.5) is 0 Å². The first-order chi connectivity index (χ1) is 12.6. The molecule has 0 radical (unpaired) electrons. The van der Waals surface area contributed by atoms with E-state index in [2.05, 4.69) is 0 Å². The van der Waals surface area contributed by atoms with E-state index in [1.54, 1.807) is 19.9 Å². The number of likely N-dealkylation sites (N-methyl/N-ethyl adjacent to an activating group) is 1. The van der Waals surface area contributed by atoms with E-state index in [-0.39, 0.29) is 24.4 Å². The Hall–Kier alpha value is -1.77. The third-order valence-corrected chi connectivity index (χ3v) is 5.95. The fourth-order valence-corrected chi connectivity index (χ4v) is 3.54. The molecule has 2 saturated heterocycles. The molecular weight excluding hydrogens is 354 g/mol. The van der Waals surface area contributed by atoms with Crippen LogP contribution in [0.3, 0.4) is 0 Å². The number of carbonyl (C=O) groups is 3. The molecule has 1 spiro atoms. The van der Waals surface area contributed by atoms with Crippen molar-refractivity contribution < 1.29 is 33.7 Å². The standard InChI is InChI=1S/C19H27NO7/c1-11-9-19(12(2)27-19)17(23)26-14-6-8-20(4)7-5-13(15(14)21)10-25-16(22)18(11,3)24/h5,11-12,14,24H,6-10H2,1-4H3/b13-5-/t11-,12+,14+,18-,19+/m0/s1. The molecule has 3 aliphatic rings. The first-order valence-electron chi connectivity index (χ1n) is 9.28. The summed E-state index contributed by atoms with van der Waals surface area (Å²) >= 11 is 0. The van der Waals surface area contributed by atoms with Gasteiger partial charge in [-0.15, -0.1) is 0 Å². The number of nitrogens with zero attached hydrogens (tertiary/aromatic N) is 1. The van der Waals surface area contributed by atoms with Crippen LogP contribution in [0.25, 0.3) is 0 Å². The molecule has 1 N–H and O–H groups in total. The van der Waals surface area contributed by atoms with Gasteiger partial charge in [0.1, 0.15) is 6.61 Å². The topological polar surface area (TPSA) is 106 Å². The highest BCUT2D eigenvalue weighted by Crippen LogP contribution is 2.45.